The average molecular weight is 466 g/mol. The predicted molar refractivity (Wildman–Crippen MR) is 132 cm³/mol. The Morgan fingerprint density at radius 1 is 0.818 bits per heavy atom. The lowest BCUT2D eigenvalue weighted by molar-refractivity contribution is -0.170. The number of ketones is 2. The summed E-state index contributed by atoms with van der Waals surface area (Å²) in [5.41, 5.74) is -4.03. The number of esters is 1. The molecule has 0 amide bonds. The van der Waals surface area contributed by atoms with Crippen molar-refractivity contribution in [1.82, 2.24) is 5.32 Å². The van der Waals surface area contributed by atoms with Gasteiger partial charge in [-0.15, -0.1) is 0 Å². The van der Waals surface area contributed by atoms with Gasteiger partial charge in [0, 0.05) is 0 Å². The van der Waals surface area contributed by atoms with Gasteiger partial charge in [0.25, 0.3) is 0 Å². The summed E-state index contributed by atoms with van der Waals surface area (Å²) < 4.78 is 5.31. The lowest BCUT2D eigenvalue weighted by atomic mass is 9.75. The molecule has 0 bridgehead atoms. The molecule has 6 heteroatoms. The van der Waals surface area contributed by atoms with Crippen molar-refractivity contribution >= 4 is 17.5 Å². The molecule has 1 heterocycles. The van der Waals surface area contributed by atoms with Crippen LogP contribution in [-0.4, -0.2) is 46.9 Å². The second-order valence-corrected chi connectivity index (χ2v) is 9.47. The number of unbranched alkanes of at least 4 members (excludes halogenated alkanes) is 12. The van der Waals surface area contributed by atoms with Crippen LogP contribution in [0.15, 0.2) is 12.2 Å². The molecule has 1 unspecified atom stereocenters. The number of aliphatic hydroxyl groups is 1. The molecule has 1 fully saturated rings. The molecule has 0 aromatic carbocycles. The second kappa shape index (κ2) is 16.2. The fourth-order valence-electron chi connectivity index (χ4n) is 4.63. The van der Waals surface area contributed by atoms with Crippen LogP contribution in [0, 0.1) is 0 Å². The van der Waals surface area contributed by atoms with Gasteiger partial charge in [-0.05, 0) is 58.9 Å². The van der Waals surface area contributed by atoms with Gasteiger partial charge in [0.1, 0.15) is 0 Å². The molecule has 190 valence electrons. The van der Waals surface area contributed by atoms with Crippen LogP contribution in [0.25, 0.3) is 0 Å². The molecule has 1 aliphatic heterocycles. The van der Waals surface area contributed by atoms with Gasteiger partial charge in [0.2, 0.25) is 5.54 Å². The van der Waals surface area contributed by atoms with E-state index in [1.54, 1.807) is 0 Å². The van der Waals surface area contributed by atoms with Gasteiger partial charge >= 0.3 is 5.97 Å². The van der Waals surface area contributed by atoms with Crippen molar-refractivity contribution in [1.29, 1.82) is 0 Å². The minimum absolute atomic E-state index is 0.0191. The van der Waals surface area contributed by atoms with E-state index in [4.69, 9.17) is 4.74 Å². The molecular weight excluding hydrogens is 418 g/mol. The van der Waals surface area contributed by atoms with Crippen LogP contribution in [0.2, 0.25) is 0 Å². The van der Waals surface area contributed by atoms with E-state index < -0.39 is 28.7 Å². The van der Waals surface area contributed by atoms with Crippen LogP contribution in [0.3, 0.4) is 0 Å². The van der Waals surface area contributed by atoms with Crippen molar-refractivity contribution in [2.75, 3.05) is 13.2 Å². The number of ether oxygens (including phenoxy) is 1. The molecule has 0 radical (unpaired) electrons. The molecule has 1 rings (SSSR count). The SMILES string of the molecule is CCCCCCCC/C=C\CCCCCCCCOC(=O)[C@@]1(C(C)=O)NCCC1(O)C(C)=O. The van der Waals surface area contributed by atoms with Gasteiger partial charge in [0.05, 0.1) is 6.61 Å². The molecule has 0 aliphatic carbocycles. The number of hydrogen-bond acceptors (Lipinski definition) is 6. The zero-order valence-corrected chi connectivity index (χ0v) is 21.3. The van der Waals surface area contributed by atoms with Gasteiger partial charge in [-0.1, -0.05) is 76.9 Å². The zero-order valence-electron chi connectivity index (χ0n) is 21.3. The minimum atomic E-state index is -2.04. The summed E-state index contributed by atoms with van der Waals surface area (Å²) in [6, 6.07) is 0. The molecule has 0 saturated carbocycles. The van der Waals surface area contributed by atoms with Crippen molar-refractivity contribution in [3.05, 3.63) is 12.2 Å². The van der Waals surface area contributed by atoms with E-state index in [9.17, 15) is 19.5 Å². The number of carbonyl (C=O) groups excluding carboxylic acids is 3. The Labute approximate surface area is 200 Å². The van der Waals surface area contributed by atoms with E-state index in [0.29, 0.717) is 6.42 Å². The predicted octanol–water partition coefficient (Wildman–Crippen LogP) is 5.21. The summed E-state index contributed by atoms with van der Waals surface area (Å²) in [6.07, 6.45) is 21.4. The Bertz CT molecular complexity index is 632. The van der Waals surface area contributed by atoms with Crippen molar-refractivity contribution in [2.24, 2.45) is 0 Å². The van der Waals surface area contributed by atoms with Crippen LogP contribution < -0.4 is 5.32 Å². The quantitative estimate of drug-likeness (QED) is 0.118. The van der Waals surface area contributed by atoms with Crippen molar-refractivity contribution in [2.45, 2.75) is 128 Å². The highest BCUT2D eigenvalue weighted by Gasteiger charge is 2.66. The maximum Gasteiger partial charge on any atom is 0.337 e. The number of hydrogen-bond donors (Lipinski definition) is 2. The Morgan fingerprint density at radius 2 is 1.33 bits per heavy atom. The fourth-order valence-corrected chi connectivity index (χ4v) is 4.63. The lowest BCUT2D eigenvalue weighted by Gasteiger charge is -2.35. The van der Waals surface area contributed by atoms with Crippen molar-refractivity contribution in [3.63, 3.8) is 0 Å². The van der Waals surface area contributed by atoms with Crippen LogP contribution >= 0.6 is 0 Å². The molecule has 33 heavy (non-hydrogen) atoms. The number of nitrogens with one attached hydrogen (secondary N) is 1. The highest BCUT2D eigenvalue weighted by atomic mass is 16.5. The number of carbonyl (C=O) groups is 3. The van der Waals surface area contributed by atoms with E-state index in [2.05, 4.69) is 24.4 Å². The smallest absolute Gasteiger partial charge is 0.337 e. The first kappa shape index (κ1) is 29.5. The van der Waals surface area contributed by atoms with E-state index in [0.717, 1.165) is 25.7 Å². The molecule has 1 aliphatic rings. The first-order chi connectivity index (χ1) is 15.8. The maximum atomic E-state index is 12.7. The third-order valence-electron chi connectivity index (χ3n) is 6.80. The first-order valence-electron chi connectivity index (χ1n) is 13.1. The largest absolute Gasteiger partial charge is 0.464 e. The molecule has 6 nitrogen and oxygen atoms in total. The third-order valence-corrected chi connectivity index (χ3v) is 6.80. The van der Waals surface area contributed by atoms with Gasteiger partial charge in [-0.2, -0.15) is 0 Å². The molecule has 1 saturated heterocycles. The summed E-state index contributed by atoms with van der Waals surface area (Å²) in [4.78, 5) is 36.9. The number of Topliss-reactive ketones (excluding diaryl/α,β-unsaturated/α-hetero) is 2. The van der Waals surface area contributed by atoms with Crippen LogP contribution in [-0.2, 0) is 19.1 Å². The summed E-state index contributed by atoms with van der Waals surface area (Å²) in [7, 11) is 0. The molecule has 0 aromatic heterocycles. The van der Waals surface area contributed by atoms with Crippen molar-refractivity contribution < 1.29 is 24.2 Å². The number of rotatable bonds is 19. The van der Waals surface area contributed by atoms with E-state index in [1.807, 2.05) is 0 Å². The Morgan fingerprint density at radius 3 is 1.85 bits per heavy atom. The second-order valence-electron chi connectivity index (χ2n) is 9.47. The van der Waals surface area contributed by atoms with Crippen LogP contribution in [0.4, 0.5) is 0 Å². The summed E-state index contributed by atoms with van der Waals surface area (Å²) in [6.45, 7) is 5.05. The fraction of sp³-hybridized carbons (Fsp3) is 0.815. The standard InChI is InChI=1S/C27H47NO5/c1-4-5-6-7-8-9-10-11-12-13-14-15-16-17-18-19-22-33-25(31)27(24(3)30)26(32,23(2)29)20-21-28-27/h11-12,28,32H,4-10,13-22H2,1-3H3/b12-11-/t26?,27-/m1/s1. The lowest BCUT2D eigenvalue weighted by Crippen LogP contribution is -2.69. The highest BCUT2D eigenvalue weighted by molar-refractivity contribution is 6.14. The van der Waals surface area contributed by atoms with Gasteiger partial charge in [-0.3, -0.25) is 14.9 Å². The molecular formula is C27H47NO5. The average Bonchev–Trinajstić information content (AvgIpc) is 3.15. The van der Waals surface area contributed by atoms with Gasteiger partial charge < -0.3 is 9.84 Å². The number of allylic oxidation sites excluding steroid dienone is 2. The normalized spacial score (nSPS) is 22.7. The van der Waals surface area contributed by atoms with E-state index in [-0.39, 0.29) is 19.6 Å². The zero-order chi connectivity index (χ0) is 24.6. The molecule has 2 N–H and O–H groups in total. The van der Waals surface area contributed by atoms with Crippen molar-refractivity contribution in [3.8, 4) is 0 Å². The van der Waals surface area contributed by atoms with E-state index in [1.165, 1.54) is 71.6 Å². The van der Waals surface area contributed by atoms with Gasteiger partial charge in [0.15, 0.2) is 17.2 Å². The summed E-state index contributed by atoms with van der Waals surface area (Å²) >= 11 is 0. The summed E-state index contributed by atoms with van der Waals surface area (Å²) in [5.74, 6) is -2.04. The monoisotopic (exact) mass is 465 g/mol. The topological polar surface area (TPSA) is 92.7 Å². The molecule has 2 atom stereocenters. The molecule has 0 aromatic rings. The Hall–Kier alpha value is -1.53. The molecule has 0 spiro atoms. The summed E-state index contributed by atoms with van der Waals surface area (Å²) in [5, 5.41) is 13.5. The minimum Gasteiger partial charge on any atom is -0.464 e. The Kier molecular flexibility index (Phi) is 14.4. The van der Waals surface area contributed by atoms with Crippen LogP contribution in [0.5, 0.6) is 0 Å². The first-order valence-corrected chi connectivity index (χ1v) is 13.1. The highest BCUT2D eigenvalue weighted by Crippen LogP contribution is 2.34. The third kappa shape index (κ3) is 8.97. The Balaban J connectivity index is 2.10. The van der Waals surface area contributed by atoms with Crippen LogP contribution in [0.1, 0.15) is 117 Å². The maximum absolute atomic E-state index is 12.7. The van der Waals surface area contributed by atoms with Gasteiger partial charge in [-0.25, -0.2) is 4.79 Å². The van der Waals surface area contributed by atoms with E-state index >= 15 is 0 Å².